The largest absolute Gasteiger partial charge is 0.0654 e. The summed E-state index contributed by atoms with van der Waals surface area (Å²) in [6.07, 6.45) is 7.59. The minimum absolute atomic E-state index is 1.08. The fourth-order valence-corrected chi connectivity index (χ4v) is 3.84. The molecule has 1 aliphatic rings. The predicted octanol–water partition coefficient (Wildman–Crippen LogP) is 6.14. The highest BCUT2D eigenvalue weighted by atomic mass is 79.9. The van der Waals surface area contributed by atoms with Crippen LogP contribution in [0.25, 0.3) is 11.1 Å². The Balaban J connectivity index is 1.83. The molecule has 0 aliphatic heterocycles. The molecule has 0 heterocycles. The van der Waals surface area contributed by atoms with Crippen LogP contribution in [0.1, 0.15) is 49.3 Å². The Bertz CT molecular complexity index is 613. The Morgan fingerprint density at radius 2 is 1.80 bits per heavy atom. The van der Waals surface area contributed by atoms with E-state index >= 15 is 0 Å². The monoisotopic (exact) mass is 328 g/mol. The van der Waals surface area contributed by atoms with Crippen molar-refractivity contribution in [1.82, 2.24) is 0 Å². The fraction of sp³-hybridized carbons (Fsp3) is 0.368. The van der Waals surface area contributed by atoms with Gasteiger partial charge in [0.15, 0.2) is 0 Å². The Kier molecular flexibility index (Phi) is 4.26. The van der Waals surface area contributed by atoms with Crippen LogP contribution in [0.4, 0.5) is 0 Å². The van der Waals surface area contributed by atoms with E-state index in [2.05, 4.69) is 59.3 Å². The van der Waals surface area contributed by atoms with Crippen LogP contribution in [0.2, 0.25) is 0 Å². The molecule has 0 nitrogen and oxygen atoms in total. The molecule has 1 aliphatic carbocycles. The van der Waals surface area contributed by atoms with Crippen LogP contribution in [0.15, 0.2) is 40.9 Å². The Morgan fingerprint density at radius 3 is 2.65 bits per heavy atom. The van der Waals surface area contributed by atoms with E-state index in [1.54, 1.807) is 0 Å². The van der Waals surface area contributed by atoms with E-state index in [0.29, 0.717) is 0 Å². The van der Waals surface area contributed by atoms with Crippen molar-refractivity contribution >= 4 is 15.9 Å². The molecule has 3 rings (SSSR count). The summed E-state index contributed by atoms with van der Waals surface area (Å²) in [5, 5.41) is 0. The van der Waals surface area contributed by atoms with E-state index in [0.717, 1.165) is 6.42 Å². The van der Waals surface area contributed by atoms with Gasteiger partial charge in [-0.1, -0.05) is 78.5 Å². The van der Waals surface area contributed by atoms with Gasteiger partial charge in [-0.05, 0) is 47.1 Å². The van der Waals surface area contributed by atoms with E-state index in [1.807, 2.05) is 0 Å². The number of fused-ring (bicyclic) bond motifs is 3. The van der Waals surface area contributed by atoms with Crippen LogP contribution >= 0.6 is 15.9 Å². The first-order valence-electron chi connectivity index (χ1n) is 7.69. The maximum absolute atomic E-state index is 3.86. The number of benzene rings is 2. The molecule has 0 bridgehead atoms. The van der Waals surface area contributed by atoms with Crippen molar-refractivity contribution in [3.63, 3.8) is 0 Å². The van der Waals surface area contributed by atoms with E-state index in [-0.39, 0.29) is 0 Å². The normalized spacial score (nSPS) is 12.3. The van der Waals surface area contributed by atoms with Gasteiger partial charge in [0, 0.05) is 4.47 Å². The van der Waals surface area contributed by atoms with Crippen molar-refractivity contribution in [3.8, 4) is 11.1 Å². The highest BCUT2D eigenvalue weighted by Gasteiger charge is 2.21. The summed E-state index contributed by atoms with van der Waals surface area (Å²) < 4.78 is 1.35. The van der Waals surface area contributed by atoms with Crippen LogP contribution < -0.4 is 0 Å². The van der Waals surface area contributed by atoms with Gasteiger partial charge in [-0.15, -0.1) is 0 Å². The van der Waals surface area contributed by atoms with Gasteiger partial charge in [0.25, 0.3) is 0 Å². The van der Waals surface area contributed by atoms with Crippen molar-refractivity contribution in [2.75, 3.05) is 0 Å². The van der Waals surface area contributed by atoms with E-state index in [4.69, 9.17) is 0 Å². The molecule has 2 aromatic rings. The fourth-order valence-electron chi connectivity index (χ4n) is 3.16. The number of hydrogen-bond donors (Lipinski definition) is 0. The number of aryl methyl sites for hydroxylation is 1. The van der Waals surface area contributed by atoms with Crippen LogP contribution in [-0.4, -0.2) is 0 Å². The summed E-state index contributed by atoms with van der Waals surface area (Å²) in [6, 6.07) is 13.4. The van der Waals surface area contributed by atoms with Gasteiger partial charge in [0.05, 0.1) is 0 Å². The average Bonchev–Trinajstić information content (AvgIpc) is 2.85. The van der Waals surface area contributed by atoms with Crippen molar-refractivity contribution in [2.24, 2.45) is 0 Å². The molecule has 0 N–H and O–H groups in total. The maximum atomic E-state index is 3.86. The SMILES string of the molecule is CCCCCCc1ccc2c(c1Br)Cc1ccccc1-2. The van der Waals surface area contributed by atoms with Gasteiger partial charge in [0.2, 0.25) is 0 Å². The highest BCUT2D eigenvalue weighted by molar-refractivity contribution is 9.10. The lowest BCUT2D eigenvalue weighted by atomic mass is 10.00. The van der Waals surface area contributed by atoms with Crippen molar-refractivity contribution in [1.29, 1.82) is 0 Å². The Hall–Kier alpha value is -1.08. The second-order valence-electron chi connectivity index (χ2n) is 5.71. The standard InChI is InChI=1S/C19H21Br/c1-2-3-4-5-8-14-11-12-17-16-10-7-6-9-15(16)13-18(17)19(14)20/h6-7,9-12H,2-5,8,13H2,1H3. The van der Waals surface area contributed by atoms with Gasteiger partial charge in [-0.2, -0.15) is 0 Å². The minimum atomic E-state index is 1.08. The summed E-state index contributed by atoms with van der Waals surface area (Å²) >= 11 is 3.86. The van der Waals surface area contributed by atoms with Crippen LogP contribution in [0, 0.1) is 0 Å². The van der Waals surface area contributed by atoms with E-state index < -0.39 is 0 Å². The Morgan fingerprint density at radius 1 is 0.950 bits per heavy atom. The first-order valence-corrected chi connectivity index (χ1v) is 8.49. The van der Waals surface area contributed by atoms with Crippen molar-refractivity contribution in [2.45, 2.75) is 45.4 Å². The molecule has 0 atom stereocenters. The third-order valence-corrected chi connectivity index (χ3v) is 5.29. The molecule has 0 fully saturated rings. The smallest absolute Gasteiger partial charge is 0.0248 e. The third kappa shape index (κ3) is 2.56. The zero-order chi connectivity index (χ0) is 13.9. The molecular formula is C19H21Br. The highest BCUT2D eigenvalue weighted by Crippen LogP contribution is 2.41. The minimum Gasteiger partial charge on any atom is -0.0654 e. The first kappa shape index (κ1) is 13.9. The summed E-state index contributed by atoms with van der Waals surface area (Å²) in [7, 11) is 0. The quantitative estimate of drug-likeness (QED) is 0.493. The van der Waals surface area contributed by atoms with Gasteiger partial charge >= 0.3 is 0 Å². The molecule has 0 radical (unpaired) electrons. The molecule has 0 spiro atoms. The lowest BCUT2D eigenvalue weighted by Crippen LogP contribution is -1.92. The lowest BCUT2D eigenvalue weighted by molar-refractivity contribution is 0.666. The molecule has 0 aromatic heterocycles. The molecule has 0 unspecified atom stereocenters. The number of unbranched alkanes of at least 4 members (excludes halogenated alkanes) is 3. The lowest BCUT2D eigenvalue weighted by Gasteiger charge is -2.10. The molecule has 1 heteroatoms. The van der Waals surface area contributed by atoms with Gasteiger partial charge in [-0.3, -0.25) is 0 Å². The zero-order valence-electron chi connectivity index (χ0n) is 12.1. The molecule has 104 valence electrons. The average molecular weight is 329 g/mol. The number of halogens is 1. The van der Waals surface area contributed by atoms with Crippen LogP contribution in [0.5, 0.6) is 0 Å². The summed E-state index contributed by atoms with van der Waals surface area (Å²) in [4.78, 5) is 0. The van der Waals surface area contributed by atoms with Crippen LogP contribution in [0.3, 0.4) is 0 Å². The Labute approximate surface area is 130 Å². The van der Waals surface area contributed by atoms with E-state index in [1.165, 1.54) is 64.4 Å². The second kappa shape index (κ2) is 6.13. The molecule has 0 saturated heterocycles. The summed E-state index contributed by atoms with van der Waals surface area (Å²) in [6.45, 7) is 2.27. The van der Waals surface area contributed by atoms with Crippen LogP contribution in [-0.2, 0) is 12.8 Å². The molecule has 0 amide bonds. The molecule has 20 heavy (non-hydrogen) atoms. The summed E-state index contributed by atoms with van der Waals surface area (Å²) in [5.74, 6) is 0. The topological polar surface area (TPSA) is 0 Å². The molecule has 0 saturated carbocycles. The zero-order valence-corrected chi connectivity index (χ0v) is 13.7. The molecule has 2 aromatic carbocycles. The van der Waals surface area contributed by atoms with Crippen molar-refractivity contribution in [3.05, 3.63) is 57.6 Å². The van der Waals surface area contributed by atoms with E-state index in [9.17, 15) is 0 Å². The number of rotatable bonds is 5. The van der Waals surface area contributed by atoms with Gasteiger partial charge in [-0.25, -0.2) is 0 Å². The predicted molar refractivity (Wildman–Crippen MR) is 90.2 cm³/mol. The maximum Gasteiger partial charge on any atom is 0.0248 e. The van der Waals surface area contributed by atoms with Crippen molar-refractivity contribution < 1.29 is 0 Å². The second-order valence-corrected chi connectivity index (χ2v) is 6.50. The summed E-state index contributed by atoms with van der Waals surface area (Å²) in [5.41, 5.74) is 7.27. The first-order chi connectivity index (χ1) is 9.81. The van der Waals surface area contributed by atoms with Gasteiger partial charge < -0.3 is 0 Å². The third-order valence-electron chi connectivity index (χ3n) is 4.30. The number of hydrogen-bond acceptors (Lipinski definition) is 0. The molecular weight excluding hydrogens is 308 g/mol. The van der Waals surface area contributed by atoms with Gasteiger partial charge in [0.1, 0.15) is 0 Å².